The maximum absolute atomic E-state index is 11.4. The lowest BCUT2D eigenvalue weighted by Crippen LogP contribution is -2.14. The van der Waals surface area contributed by atoms with E-state index in [0.717, 1.165) is 17.5 Å². The Morgan fingerprint density at radius 1 is 1.29 bits per heavy atom. The minimum atomic E-state index is -0.356. The van der Waals surface area contributed by atoms with Crippen molar-refractivity contribution >= 4 is 11.8 Å². The van der Waals surface area contributed by atoms with E-state index in [1.54, 1.807) is 0 Å². The quantitative estimate of drug-likeness (QED) is 0.844. The first-order chi connectivity index (χ1) is 8.24. The van der Waals surface area contributed by atoms with Crippen LogP contribution in [0.3, 0.4) is 0 Å². The molecule has 0 spiro atoms. The van der Waals surface area contributed by atoms with Crippen LogP contribution in [0, 0.1) is 0 Å². The number of hydrogen-bond donors (Lipinski definition) is 1. The van der Waals surface area contributed by atoms with Crippen molar-refractivity contribution in [3.05, 3.63) is 40.3 Å². The van der Waals surface area contributed by atoms with Crippen LogP contribution < -0.4 is 5.69 Å². The number of rotatable bonds is 3. The summed E-state index contributed by atoms with van der Waals surface area (Å²) in [6.07, 6.45) is 2.75. The minimum absolute atomic E-state index is 0.356. The number of H-pyrrole nitrogens is 1. The molecule has 2 aromatic rings. The fraction of sp³-hybridized carbons (Fsp3) is 0.250. The average Bonchev–Trinajstić information content (AvgIpc) is 2.37. The Balaban J connectivity index is 2.59. The Morgan fingerprint density at radius 3 is 2.76 bits per heavy atom. The van der Waals surface area contributed by atoms with Gasteiger partial charge in [-0.3, -0.25) is 4.98 Å². The second-order valence-electron chi connectivity index (χ2n) is 3.50. The number of nitrogens with one attached hydrogen (secondary N) is 1. The third kappa shape index (κ3) is 2.55. The molecule has 1 N–H and O–H groups in total. The monoisotopic (exact) mass is 247 g/mol. The smallest absolute Gasteiger partial charge is 0.290 e. The summed E-state index contributed by atoms with van der Waals surface area (Å²) in [5, 5.41) is 0.495. The predicted octanol–water partition coefficient (Wildman–Crippen LogP) is 2.12. The minimum Gasteiger partial charge on any atom is -0.290 e. The lowest BCUT2D eigenvalue weighted by molar-refractivity contribution is 0.869. The summed E-state index contributed by atoms with van der Waals surface area (Å²) in [5.74, 6) is 0.590. The van der Waals surface area contributed by atoms with Gasteiger partial charge >= 0.3 is 5.69 Å². The number of benzene rings is 1. The number of thioether (sulfide) groups is 1. The predicted molar refractivity (Wildman–Crippen MR) is 69.2 cm³/mol. The number of aryl methyl sites for hydroxylation is 1. The van der Waals surface area contributed by atoms with E-state index in [0.29, 0.717) is 11.0 Å². The molecule has 2 rings (SSSR count). The highest BCUT2D eigenvalue weighted by Gasteiger charge is 2.07. The molecule has 4 nitrogen and oxygen atoms in total. The van der Waals surface area contributed by atoms with Crippen molar-refractivity contribution in [2.24, 2.45) is 0 Å². The molecule has 0 unspecified atom stereocenters. The maximum atomic E-state index is 11.4. The van der Waals surface area contributed by atoms with E-state index in [1.807, 2.05) is 30.5 Å². The zero-order valence-electron chi connectivity index (χ0n) is 9.73. The lowest BCUT2D eigenvalue weighted by atomic mass is 10.1. The second kappa shape index (κ2) is 5.14. The summed E-state index contributed by atoms with van der Waals surface area (Å²) in [6, 6.07) is 7.92. The normalized spacial score (nSPS) is 10.5. The zero-order valence-corrected chi connectivity index (χ0v) is 10.5. The summed E-state index contributed by atoms with van der Waals surface area (Å²) in [7, 11) is 0. The molecule has 0 fully saturated rings. The Hall–Kier alpha value is -1.62. The van der Waals surface area contributed by atoms with Crippen LogP contribution in [0.15, 0.2) is 34.2 Å². The highest BCUT2D eigenvalue weighted by Crippen LogP contribution is 2.20. The summed E-state index contributed by atoms with van der Waals surface area (Å²) in [4.78, 5) is 22.2. The molecule has 1 heterocycles. The van der Waals surface area contributed by atoms with E-state index in [9.17, 15) is 4.79 Å². The van der Waals surface area contributed by atoms with Gasteiger partial charge in [-0.15, -0.1) is 0 Å². The maximum Gasteiger partial charge on any atom is 0.349 e. The summed E-state index contributed by atoms with van der Waals surface area (Å²) in [6.45, 7) is 2.08. The molecule has 88 valence electrons. The largest absolute Gasteiger partial charge is 0.349 e. The van der Waals surface area contributed by atoms with Gasteiger partial charge in [0.2, 0.25) is 0 Å². The van der Waals surface area contributed by atoms with Gasteiger partial charge in [-0.2, -0.15) is 4.98 Å². The zero-order chi connectivity index (χ0) is 12.3. The third-order valence-corrected chi connectivity index (χ3v) is 3.01. The molecule has 0 radical (unpaired) electrons. The number of aromatic amines is 1. The topological polar surface area (TPSA) is 58.6 Å². The van der Waals surface area contributed by atoms with E-state index >= 15 is 0 Å². The van der Waals surface area contributed by atoms with Crippen molar-refractivity contribution in [2.45, 2.75) is 18.5 Å². The fourth-order valence-corrected chi connectivity index (χ4v) is 2.00. The van der Waals surface area contributed by atoms with Crippen LogP contribution in [0.5, 0.6) is 0 Å². The third-order valence-electron chi connectivity index (χ3n) is 2.47. The number of nitrogens with zero attached hydrogens (tertiary/aromatic N) is 2. The molecule has 0 aliphatic carbocycles. The molecule has 0 aliphatic heterocycles. The standard InChI is InChI=1S/C12H13N3OS/c1-3-8-6-4-5-7-9(8)10-13-11(16)15-12(14-10)17-2/h4-7H,3H2,1-2H3,(H,13,14,15,16). The van der Waals surface area contributed by atoms with Gasteiger partial charge in [0, 0.05) is 5.56 Å². The molecule has 5 heteroatoms. The van der Waals surface area contributed by atoms with Crippen LogP contribution in [0.25, 0.3) is 11.4 Å². The summed E-state index contributed by atoms with van der Waals surface area (Å²) >= 11 is 1.36. The highest BCUT2D eigenvalue weighted by atomic mass is 32.2. The highest BCUT2D eigenvalue weighted by molar-refractivity contribution is 7.98. The van der Waals surface area contributed by atoms with E-state index < -0.39 is 0 Å². The van der Waals surface area contributed by atoms with Crippen LogP contribution in [0.1, 0.15) is 12.5 Å². The molecule has 17 heavy (non-hydrogen) atoms. The first kappa shape index (κ1) is 11.9. The van der Waals surface area contributed by atoms with Gasteiger partial charge in [0.25, 0.3) is 0 Å². The van der Waals surface area contributed by atoms with E-state index in [2.05, 4.69) is 21.9 Å². The molecule has 0 saturated heterocycles. The van der Waals surface area contributed by atoms with Crippen LogP contribution in [-0.2, 0) is 6.42 Å². The molecular weight excluding hydrogens is 234 g/mol. The first-order valence-corrected chi connectivity index (χ1v) is 6.57. The SMILES string of the molecule is CCc1ccccc1-c1nc(SC)nc(=O)[nH]1. The van der Waals surface area contributed by atoms with Gasteiger partial charge in [-0.05, 0) is 18.2 Å². The molecule has 0 aliphatic rings. The Kier molecular flexibility index (Phi) is 3.58. The molecule has 0 saturated carbocycles. The first-order valence-electron chi connectivity index (χ1n) is 5.35. The molecule has 0 bridgehead atoms. The Morgan fingerprint density at radius 2 is 2.06 bits per heavy atom. The molecular formula is C12H13N3OS. The second-order valence-corrected chi connectivity index (χ2v) is 4.27. The molecule has 1 aromatic carbocycles. The average molecular weight is 247 g/mol. The summed E-state index contributed by atoms with van der Waals surface area (Å²) in [5.41, 5.74) is 1.77. The van der Waals surface area contributed by atoms with Gasteiger partial charge < -0.3 is 0 Å². The van der Waals surface area contributed by atoms with Crippen LogP contribution in [-0.4, -0.2) is 21.2 Å². The fourth-order valence-electron chi connectivity index (χ4n) is 1.64. The van der Waals surface area contributed by atoms with Gasteiger partial charge in [-0.25, -0.2) is 9.78 Å². The van der Waals surface area contributed by atoms with Crippen molar-refractivity contribution in [1.29, 1.82) is 0 Å². The van der Waals surface area contributed by atoms with Crippen molar-refractivity contribution in [3.63, 3.8) is 0 Å². The van der Waals surface area contributed by atoms with Gasteiger partial charge in [0.05, 0.1) is 0 Å². The van der Waals surface area contributed by atoms with Crippen LogP contribution in [0.4, 0.5) is 0 Å². The van der Waals surface area contributed by atoms with Crippen molar-refractivity contribution in [3.8, 4) is 11.4 Å². The number of hydrogen-bond acceptors (Lipinski definition) is 4. The lowest BCUT2D eigenvalue weighted by Gasteiger charge is -2.06. The van der Waals surface area contributed by atoms with Gasteiger partial charge in [0.1, 0.15) is 5.82 Å². The van der Waals surface area contributed by atoms with E-state index in [4.69, 9.17) is 0 Å². The Bertz CT molecular complexity index is 580. The van der Waals surface area contributed by atoms with Crippen molar-refractivity contribution in [2.75, 3.05) is 6.26 Å². The van der Waals surface area contributed by atoms with Crippen molar-refractivity contribution < 1.29 is 0 Å². The summed E-state index contributed by atoms with van der Waals surface area (Å²) < 4.78 is 0. The van der Waals surface area contributed by atoms with E-state index in [-0.39, 0.29) is 5.69 Å². The van der Waals surface area contributed by atoms with E-state index in [1.165, 1.54) is 11.8 Å². The van der Waals surface area contributed by atoms with Crippen molar-refractivity contribution in [1.82, 2.24) is 15.0 Å². The molecule has 0 atom stereocenters. The Labute approximate surface area is 104 Å². The van der Waals surface area contributed by atoms with Gasteiger partial charge in [0.15, 0.2) is 5.16 Å². The van der Waals surface area contributed by atoms with Crippen LogP contribution >= 0.6 is 11.8 Å². The number of aromatic nitrogens is 3. The van der Waals surface area contributed by atoms with Crippen LogP contribution in [0.2, 0.25) is 0 Å². The molecule has 0 amide bonds. The van der Waals surface area contributed by atoms with Gasteiger partial charge in [-0.1, -0.05) is 43.0 Å². The molecule has 1 aromatic heterocycles.